The summed E-state index contributed by atoms with van der Waals surface area (Å²) in [6.45, 7) is -0.324. The standard InChI is InChI=1S/C21H24F2N11O7PS/c22-9-6-1-2-8(35)40-20-10(23)13(19(43-20)34-16-12(31-32-34)17(36)30-21(25)29-16)41-42(37)38-3-7(6)39-18(9)33-5-28-11-14(24)26-4-27-15(11)33/h4-10,13,18-20,35,37H,1-3H2,(H2,24,26,27)(H3,25,29,30,36)/t6-,7-,8?,9+,10+,13-,18-,19-,20?,42?/m1/s1. The summed E-state index contributed by atoms with van der Waals surface area (Å²) in [5, 5.41) is 17.4. The number of alkyl halides is 2. The smallest absolute Gasteiger partial charge is 0.330 e. The Morgan fingerprint density at radius 2 is 1.95 bits per heavy atom. The van der Waals surface area contributed by atoms with Gasteiger partial charge in [-0.1, -0.05) is 17.0 Å². The van der Waals surface area contributed by atoms with E-state index in [9.17, 15) is 14.8 Å². The lowest BCUT2D eigenvalue weighted by molar-refractivity contribution is -0.136. The molecule has 7 rings (SSSR count). The molecular weight excluding hydrogens is 619 g/mol. The number of hydrogen-bond donors (Lipinski definition) is 5. The number of H-pyrrole nitrogens is 1. The highest BCUT2D eigenvalue weighted by atomic mass is 32.2. The molecule has 4 aromatic heterocycles. The molecule has 230 valence electrons. The predicted molar refractivity (Wildman–Crippen MR) is 144 cm³/mol. The third kappa shape index (κ3) is 4.98. The Kier molecular flexibility index (Phi) is 7.37. The second kappa shape index (κ2) is 11.1. The van der Waals surface area contributed by atoms with E-state index in [0.717, 1.165) is 16.4 Å². The first kappa shape index (κ1) is 28.6. The van der Waals surface area contributed by atoms with E-state index in [-0.39, 0.29) is 53.5 Å². The number of nitrogens with zero attached hydrogens (tertiary/aromatic N) is 8. The molecule has 3 fully saturated rings. The average molecular weight is 644 g/mol. The van der Waals surface area contributed by atoms with Crippen molar-refractivity contribution in [1.82, 2.24) is 44.5 Å². The fraction of sp³-hybridized carbons (Fsp3) is 0.571. The summed E-state index contributed by atoms with van der Waals surface area (Å²) >= 11 is 0.862. The van der Waals surface area contributed by atoms with Gasteiger partial charge in [0, 0.05) is 5.92 Å². The summed E-state index contributed by atoms with van der Waals surface area (Å²) in [6.07, 6.45) is -6.00. The van der Waals surface area contributed by atoms with Crippen molar-refractivity contribution >= 4 is 54.5 Å². The number of nitrogens with two attached hydrogens (primary N) is 2. The molecule has 0 amide bonds. The van der Waals surface area contributed by atoms with Crippen molar-refractivity contribution in [2.24, 2.45) is 5.92 Å². The molecule has 2 bridgehead atoms. The van der Waals surface area contributed by atoms with E-state index in [1.165, 1.54) is 17.2 Å². The largest absolute Gasteiger partial charge is 0.382 e. The fourth-order valence-corrected chi connectivity index (χ4v) is 7.68. The maximum atomic E-state index is 15.9. The van der Waals surface area contributed by atoms with Gasteiger partial charge in [0.25, 0.3) is 5.56 Å². The molecule has 3 unspecified atom stereocenters. The molecule has 7 N–H and O–H groups in total. The molecular formula is C21H24F2N11O7PS. The third-order valence-electron chi connectivity index (χ3n) is 7.46. The van der Waals surface area contributed by atoms with Gasteiger partial charge in [-0.2, -0.15) is 4.98 Å². The van der Waals surface area contributed by atoms with Gasteiger partial charge in [-0.15, -0.1) is 5.10 Å². The van der Waals surface area contributed by atoms with Crippen LogP contribution in [0.3, 0.4) is 0 Å². The average Bonchev–Trinajstić information content (AvgIpc) is 3.72. The zero-order chi connectivity index (χ0) is 30.0. The van der Waals surface area contributed by atoms with Crippen molar-refractivity contribution in [2.45, 2.75) is 60.7 Å². The second-order valence-corrected chi connectivity index (χ2v) is 12.2. The number of aliphatic hydroxyl groups is 1. The number of rotatable bonds is 2. The van der Waals surface area contributed by atoms with E-state index in [1.54, 1.807) is 0 Å². The number of anilines is 2. The summed E-state index contributed by atoms with van der Waals surface area (Å²) in [5.41, 5.74) is 9.92. The minimum Gasteiger partial charge on any atom is -0.382 e. The molecule has 0 aromatic carbocycles. The predicted octanol–water partition coefficient (Wildman–Crippen LogP) is 0.0300. The fourth-order valence-electron chi connectivity index (χ4n) is 5.43. The van der Waals surface area contributed by atoms with Gasteiger partial charge in [0.2, 0.25) is 5.95 Å². The molecule has 0 aliphatic carbocycles. The van der Waals surface area contributed by atoms with E-state index in [4.69, 9.17) is 30.0 Å². The Bertz CT molecular complexity index is 1710. The number of imidazole rings is 1. The molecule has 18 nitrogen and oxygen atoms in total. The molecule has 22 heteroatoms. The molecule has 3 aliphatic heterocycles. The monoisotopic (exact) mass is 643 g/mol. The maximum absolute atomic E-state index is 15.9. The Labute approximate surface area is 244 Å². The molecule has 10 atom stereocenters. The highest BCUT2D eigenvalue weighted by Gasteiger charge is 2.52. The SMILES string of the molecule is Nc1nc2c(nnn2[C@@H]2SC3OC(O)CC[C@H]4[C@H](F)[C@H](n5cnc6c(N)ncnc65)O[C@@H]4COP(O)O[C@@H]2[C@@H]3F)c(=O)[nH]1. The summed E-state index contributed by atoms with van der Waals surface area (Å²) < 4.78 is 56.9. The van der Waals surface area contributed by atoms with Crippen LogP contribution in [0.15, 0.2) is 17.4 Å². The van der Waals surface area contributed by atoms with Crippen LogP contribution in [0.25, 0.3) is 22.3 Å². The lowest BCUT2D eigenvalue weighted by Crippen LogP contribution is -2.33. The summed E-state index contributed by atoms with van der Waals surface area (Å²) in [7, 11) is -2.74. The van der Waals surface area contributed by atoms with Crippen LogP contribution in [0.1, 0.15) is 24.4 Å². The zero-order valence-electron chi connectivity index (χ0n) is 21.8. The topological polar surface area (TPSA) is 249 Å². The van der Waals surface area contributed by atoms with Crippen molar-refractivity contribution < 1.29 is 37.3 Å². The number of halogens is 2. The Balaban J connectivity index is 1.15. The van der Waals surface area contributed by atoms with Crippen LogP contribution in [-0.4, -0.2) is 97.4 Å². The Morgan fingerprint density at radius 3 is 2.79 bits per heavy atom. The minimum absolute atomic E-state index is 0.0497. The second-order valence-electron chi connectivity index (χ2n) is 10.0. The summed E-state index contributed by atoms with van der Waals surface area (Å²) in [6, 6.07) is 0. The number of fused-ring (bicyclic) bond motifs is 5. The van der Waals surface area contributed by atoms with Crippen molar-refractivity contribution in [2.75, 3.05) is 18.1 Å². The number of hydrogen-bond acceptors (Lipinski definition) is 16. The molecule has 0 saturated carbocycles. The van der Waals surface area contributed by atoms with E-state index in [2.05, 4.69) is 35.2 Å². The Hall–Kier alpha value is -3.17. The zero-order valence-corrected chi connectivity index (χ0v) is 23.5. The quantitative estimate of drug-likeness (QED) is 0.181. The van der Waals surface area contributed by atoms with Crippen LogP contribution < -0.4 is 17.0 Å². The maximum Gasteiger partial charge on any atom is 0.330 e. The lowest BCUT2D eigenvalue weighted by Gasteiger charge is -2.24. The minimum atomic E-state index is -2.74. The van der Waals surface area contributed by atoms with Gasteiger partial charge in [0.15, 0.2) is 47.5 Å². The lowest BCUT2D eigenvalue weighted by atomic mass is 9.93. The van der Waals surface area contributed by atoms with Crippen LogP contribution in [-0.2, 0) is 18.5 Å². The number of ether oxygens (including phenoxy) is 2. The first-order valence-corrected chi connectivity index (χ1v) is 15.0. The first-order valence-electron chi connectivity index (χ1n) is 12.9. The molecule has 4 aromatic rings. The summed E-state index contributed by atoms with van der Waals surface area (Å²) in [5.74, 6) is -0.918. The van der Waals surface area contributed by atoms with E-state index >= 15 is 8.78 Å². The van der Waals surface area contributed by atoms with Crippen LogP contribution in [0.2, 0.25) is 0 Å². The van der Waals surface area contributed by atoms with Crippen LogP contribution >= 0.6 is 20.4 Å². The number of nitrogen functional groups attached to an aromatic ring is 2. The van der Waals surface area contributed by atoms with Crippen LogP contribution in [0, 0.1) is 5.92 Å². The summed E-state index contributed by atoms with van der Waals surface area (Å²) in [4.78, 5) is 41.5. The normalized spacial score (nSPS) is 35.4. The molecule has 0 radical (unpaired) electrons. The molecule has 3 saturated heterocycles. The van der Waals surface area contributed by atoms with Crippen molar-refractivity contribution in [3.8, 4) is 0 Å². The number of nitrogens with one attached hydrogen (secondary N) is 1. The first-order chi connectivity index (χ1) is 20.7. The van der Waals surface area contributed by atoms with Gasteiger partial charge >= 0.3 is 8.60 Å². The van der Waals surface area contributed by atoms with Crippen molar-refractivity contribution in [1.29, 1.82) is 0 Å². The van der Waals surface area contributed by atoms with Crippen molar-refractivity contribution in [3.05, 3.63) is 23.0 Å². The van der Waals surface area contributed by atoms with Gasteiger partial charge in [0.1, 0.15) is 28.8 Å². The van der Waals surface area contributed by atoms with E-state index in [0.29, 0.717) is 0 Å². The van der Waals surface area contributed by atoms with Gasteiger partial charge in [-0.3, -0.25) is 14.3 Å². The van der Waals surface area contributed by atoms with E-state index in [1.807, 2.05) is 0 Å². The number of thioether (sulfide) groups is 1. The highest BCUT2D eigenvalue weighted by Crippen LogP contribution is 2.52. The molecule has 7 heterocycles. The van der Waals surface area contributed by atoms with Crippen LogP contribution in [0.4, 0.5) is 20.5 Å². The number of aliphatic hydroxyl groups excluding tert-OH is 1. The van der Waals surface area contributed by atoms with Crippen molar-refractivity contribution in [3.63, 3.8) is 0 Å². The van der Waals surface area contributed by atoms with Gasteiger partial charge in [-0.05, 0) is 12.8 Å². The highest BCUT2D eigenvalue weighted by molar-refractivity contribution is 8.00. The third-order valence-corrected chi connectivity index (χ3v) is 9.64. The Morgan fingerprint density at radius 1 is 1.12 bits per heavy atom. The van der Waals surface area contributed by atoms with Gasteiger partial charge in [-0.25, -0.2) is 28.4 Å². The van der Waals surface area contributed by atoms with E-state index < -0.39 is 68.0 Å². The number of aromatic amines is 1. The molecule has 0 spiro atoms. The molecule has 3 aliphatic rings. The number of aromatic nitrogens is 9. The van der Waals surface area contributed by atoms with Gasteiger partial charge < -0.3 is 40.0 Å². The molecule has 43 heavy (non-hydrogen) atoms. The van der Waals surface area contributed by atoms with Crippen LogP contribution in [0.5, 0.6) is 0 Å². The van der Waals surface area contributed by atoms with Gasteiger partial charge in [0.05, 0.1) is 19.0 Å².